The lowest BCUT2D eigenvalue weighted by molar-refractivity contribution is -0.385. The summed E-state index contributed by atoms with van der Waals surface area (Å²) in [5.74, 6) is 0.202. The first-order valence-electron chi connectivity index (χ1n) is 28.2. The first-order chi connectivity index (χ1) is 33.1. The Kier molecular flexibility index (Phi) is 28.0. The smallest absolute Gasteiger partial charge is 0.306 e. The van der Waals surface area contributed by atoms with E-state index in [4.69, 9.17) is 32.7 Å². The number of nitro benzene ring substituents is 1. The van der Waals surface area contributed by atoms with Gasteiger partial charge in [-0.2, -0.15) is 0 Å². The van der Waals surface area contributed by atoms with Gasteiger partial charge in [0, 0.05) is 41.2 Å². The summed E-state index contributed by atoms with van der Waals surface area (Å²) in [4.78, 5) is 27.1. The topological polar surface area (TPSA) is 81.9 Å². The first kappa shape index (κ1) is 57.8. The molecule has 2 aromatic carbocycles. The Balaban J connectivity index is 1.22. The molecule has 1 unspecified atom stereocenters. The van der Waals surface area contributed by atoms with Crippen LogP contribution in [0.3, 0.4) is 0 Å². The van der Waals surface area contributed by atoms with Crippen LogP contribution in [0.5, 0.6) is 5.75 Å². The highest BCUT2D eigenvalue weighted by atomic mass is 35.5. The van der Waals surface area contributed by atoms with Gasteiger partial charge in [0.1, 0.15) is 12.4 Å². The molecule has 9 heteroatoms. The minimum atomic E-state index is -0.992. The molecule has 0 fully saturated rings. The molecule has 2 aliphatic rings. The number of carbonyl (C=O) groups is 1. The molecule has 2 aromatic rings. The number of non-ortho nitro benzene ring substituents is 1. The van der Waals surface area contributed by atoms with Crippen LogP contribution >= 0.6 is 23.2 Å². The highest BCUT2D eigenvalue weighted by Crippen LogP contribution is 2.58. The van der Waals surface area contributed by atoms with E-state index in [1.165, 1.54) is 199 Å². The lowest BCUT2D eigenvalue weighted by Gasteiger charge is -2.47. The maximum Gasteiger partial charge on any atom is 0.306 e. The van der Waals surface area contributed by atoms with E-state index in [1.54, 1.807) is 12.1 Å². The van der Waals surface area contributed by atoms with Gasteiger partial charge in [-0.05, 0) is 56.5 Å². The Morgan fingerprint density at radius 1 is 0.618 bits per heavy atom. The van der Waals surface area contributed by atoms with Crippen LogP contribution in [0.1, 0.15) is 276 Å². The number of benzene rings is 2. The number of hydrogen-bond donors (Lipinski definition) is 0. The van der Waals surface area contributed by atoms with Gasteiger partial charge in [-0.1, -0.05) is 249 Å². The maximum absolute atomic E-state index is 13.1. The van der Waals surface area contributed by atoms with Gasteiger partial charge < -0.3 is 14.4 Å². The van der Waals surface area contributed by atoms with E-state index in [-0.39, 0.29) is 18.3 Å². The Bertz CT molecular complexity index is 1780. The van der Waals surface area contributed by atoms with E-state index in [0.29, 0.717) is 39.9 Å². The second-order valence-electron chi connectivity index (χ2n) is 21.1. The zero-order chi connectivity index (χ0) is 48.9. The summed E-state index contributed by atoms with van der Waals surface area (Å²) < 4.78 is 13.0. The largest absolute Gasteiger partial charge is 0.462 e. The second-order valence-corrected chi connectivity index (χ2v) is 21.9. The maximum atomic E-state index is 13.1. The van der Waals surface area contributed by atoms with Crippen LogP contribution in [0.25, 0.3) is 6.08 Å². The SMILES string of the molecule is CCCCCCCCCCCCCCCCCCCCCC(=O)OCc1cc([N+](=O)[O-])cc2c1OC1(C=C2)N(CCCCCCCCCCCCCCCCCC)c2c(Cl)cc(Cl)cc2C1(C)C. The first-order valence-corrected chi connectivity index (χ1v) is 28.9. The molecule has 384 valence electrons. The number of esters is 1. The average molecular weight is 982 g/mol. The molecule has 0 bridgehead atoms. The van der Waals surface area contributed by atoms with E-state index >= 15 is 0 Å². The van der Waals surface area contributed by atoms with Crippen LogP contribution in [0.15, 0.2) is 30.3 Å². The van der Waals surface area contributed by atoms with Gasteiger partial charge in [0.15, 0.2) is 0 Å². The van der Waals surface area contributed by atoms with Crippen LogP contribution in [0, 0.1) is 10.1 Å². The predicted molar refractivity (Wildman–Crippen MR) is 290 cm³/mol. The molecule has 68 heavy (non-hydrogen) atoms. The van der Waals surface area contributed by atoms with Crippen LogP contribution in [-0.4, -0.2) is 23.2 Å². The zero-order valence-corrected chi connectivity index (χ0v) is 45.0. The van der Waals surface area contributed by atoms with Crippen LogP contribution in [-0.2, 0) is 21.6 Å². The fraction of sp³-hybridized carbons (Fsp3) is 0.746. The van der Waals surface area contributed by atoms with Crippen molar-refractivity contribution in [2.24, 2.45) is 0 Å². The minimum absolute atomic E-state index is 0.0633. The molecule has 0 N–H and O–H groups in total. The third kappa shape index (κ3) is 19.1. The van der Waals surface area contributed by atoms with Crippen molar-refractivity contribution in [3.8, 4) is 5.75 Å². The fourth-order valence-corrected chi connectivity index (χ4v) is 11.3. The van der Waals surface area contributed by atoms with E-state index in [1.807, 2.05) is 18.2 Å². The predicted octanol–water partition coefficient (Wildman–Crippen LogP) is 19.9. The van der Waals surface area contributed by atoms with Crippen molar-refractivity contribution in [2.75, 3.05) is 11.4 Å². The molecule has 2 aliphatic heterocycles. The van der Waals surface area contributed by atoms with Crippen molar-refractivity contribution < 1.29 is 19.2 Å². The third-order valence-corrected chi connectivity index (χ3v) is 15.5. The number of unbranched alkanes of at least 4 members (excludes halogenated alkanes) is 33. The molecule has 4 rings (SSSR count). The number of halogens is 2. The summed E-state index contributed by atoms with van der Waals surface area (Å²) in [6, 6.07) is 6.83. The van der Waals surface area contributed by atoms with Crippen molar-refractivity contribution in [3.05, 3.63) is 67.2 Å². The summed E-state index contributed by atoms with van der Waals surface area (Å²) >= 11 is 13.7. The molecule has 0 amide bonds. The van der Waals surface area contributed by atoms with Crippen molar-refractivity contribution >= 4 is 46.6 Å². The number of anilines is 1. The highest BCUT2D eigenvalue weighted by molar-refractivity contribution is 6.37. The molecule has 0 saturated heterocycles. The average Bonchev–Trinajstić information content (AvgIpc) is 3.49. The van der Waals surface area contributed by atoms with Crippen molar-refractivity contribution in [1.29, 1.82) is 0 Å². The van der Waals surface area contributed by atoms with Gasteiger partial charge in [-0.15, -0.1) is 0 Å². The van der Waals surface area contributed by atoms with Gasteiger partial charge in [0.25, 0.3) is 5.69 Å². The lowest BCUT2D eigenvalue weighted by Crippen LogP contribution is -2.59. The van der Waals surface area contributed by atoms with Gasteiger partial charge >= 0.3 is 5.97 Å². The molecule has 1 atom stereocenters. The Morgan fingerprint density at radius 3 is 1.49 bits per heavy atom. The van der Waals surface area contributed by atoms with E-state index < -0.39 is 16.1 Å². The molecule has 1 spiro atoms. The standard InChI is InChI=1S/C59H94Cl2N2O5/c1-5-7-9-11-13-15-17-19-21-23-24-25-26-28-30-32-34-36-38-40-55(64)67-48-50-45-52(63(65)66)44-49-41-42-59(68-57(49)50)58(3,4)53-46-51(60)47-54(61)56(53)62(59)43-39-37-35-33-31-29-27-22-20-18-16-14-12-10-8-6-2/h41-42,44-47H,5-40,43,48H2,1-4H3. The van der Waals surface area contributed by atoms with Gasteiger partial charge in [0.2, 0.25) is 5.72 Å². The molecular weight excluding hydrogens is 888 g/mol. The number of carbonyl (C=O) groups excluding carboxylic acids is 1. The fourth-order valence-electron chi connectivity index (χ4n) is 10.7. The quantitative estimate of drug-likeness (QED) is 0.0286. The molecule has 0 radical (unpaired) electrons. The van der Waals surface area contributed by atoms with Crippen LogP contribution in [0.4, 0.5) is 11.4 Å². The number of ether oxygens (including phenoxy) is 2. The number of nitrogens with zero attached hydrogens (tertiary/aromatic N) is 2. The van der Waals surface area contributed by atoms with E-state index in [2.05, 4.69) is 32.6 Å². The second kappa shape index (κ2) is 33.0. The summed E-state index contributed by atoms with van der Waals surface area (Å²) in [5, 5.41) is 13.3. The molecule has 2 heterocycles. The van der Waals surface area contributed by atoms with Gasteiger partial charge in [-0.3, -0.25) is 14.9 Å². The molecule has 0 aromatic heterocycles. The lowest BCUT2D eigenvalue weighted by atomic mass is 9.76. The Morgan fingerprint density at radius 2 is 1.04 bits per heavy atom. The minimum Gasteiger partial charge on any atom is -0.462 e. The molecule has 7 nitrogen and oxygen atoms in total. The number of hydrogen-bond acceptors (Lipinski definition) is 6. The van der Waals surface area contributed by atoms with Gasteiger partial charge in [0.05, 0.1) is 21.0 Å². The van der Waals surface area contributed by atoms with Crippen molar-refractivity contribution in [3.63, 3.8) is 0 Å². The normalized spacial score (nSPS) is 15.8. The van der Waals surface area contributed by atoms with Crippen molar-refractivity contribution in [1.82, 2.24) is 0 Å². The van der Waals surface area contributed by atoms with Crippen LogP contribution < -0.4 is 9.64 Å². The summed E-state index contributed by atoms with van der Waals surface area (Å²) in [6.45, 7) is 9.46. The number of fused-ring (bicyclic) bond motifs is 2. The highest BCUT2D eigenvalue weighted by Gasteiger charge is 2.59. The third-order valence-electron chi connectivity index (χ3n) is 15.0. The Labute approximate surface area is 424 Å². The van der Waals surface area contributed by atoms with E-state index in [0.717, 1.165) is 43.4 Å². The summed E-state index contributed by atoms with van der Waals surface area (Å²) in [6.07, 6.45) is 49.8. The molecular formula is C59H94Cl2N2O5. The molecule has 0 aliphatic carbocycles. The Hall–Kier alpha value is -2.77. The number of nitro groups is 1. The van der Waals surface area contributed by atoms with Gasteiger partial charge in [-0.25, -0.2) is 0 Å². The summed E-state index contributed by atoms with van der Waals surface area (Å²) in [5.41, 5.74) is 1.31. The zero-order valence-electron chi connectivity index (χ0n) is 43.5. The van der Waals surface area contributed by atoms with Crippen molar-refractivity contribution in [2.45, 2.75) is 277 Å². The number of rotatable bonds is 40. The summed E-state index contributed by atoms with van der Waals surface area (Å²) in [7, 11) is 0. The molecule has 0 saturated carbocycles. The van der Waals surface area contributed by atoms with E-state index in [9.17, 15) is 14.9 Å². The van der Waals surface area contributed by atoms with Crippen LogP contribution in [0.2, 0.25) is 10.0 Å². The monoisotopic (exact) mass is 981 g/mol.